The van der Waals surface area contributed by atoms with E-state index in [1.807, 2.05) is 0 Å². The molecule has 0 saturated carbocycles. The second-order valence-electron chi connectivity index (χ2n) is 8.35. The Morgan fingerprint density at radius 2 is 1.56 bits per heavy atom. The Morgan fingerprint density at radius 1 is 0.972 bits per heavy atom. The first-order chi connectivity index (χ1) is 17.0. The summed E-state index contributed by atoms with van der Waals surface area (Å²) in [6.07, 6.45) is 0.574. The molecule has 192 valence electrons. The predicted octanol–water partition coefficient (Wildman–Crippen LogP) is 2.17. The first kappa shape index (κ1) is 25.9. The van der Waals surface area contributed by atoms with E-state index in [9.17, 15) is 26.0 Å². The third kappa shape index (κ3) is 5.31. The van der Waals surface area contributed by atoms with Gasteiger partial charge in [-0.15, -0.1) is 5.10 Å². The number of sulfonamides is 2. The molecule has 3 aromatic rings. The van der Waals surface area contributed by atoms with E-state index in [1.165, 1.54) is 54.8 Å². The summed E-state index contributed by atoms with van der Waals surface area (Å²) in [7, 11) is -4.48. The van der Waals surface area contributed by atoms with Crippen LogP contribution in [0.4, 0.5) is 10.4 Å². The standard InChI is InChI=1S/C22H24FN5O6S2/c1-27(2)35(30,31)18-7-3-16(4-8-18)21-25-26-22(34-21)24-20(29)15-11-13-28(14-12-15)36(32,33)19-9-5-17(23)6-10-19/h3-10,15H,11-14H2,1-2H3,(H,24,26,29). The van der Waals surface area contributed by atoms with Gasteiger partial charge in [0, 0.05) is 38.7 Å². The van der Waals surface area contributed by atoms with Gasteiger partial charge in [0.15, 0.2) is 0 Å². The van der Waals surface area contributed by atoms with E-state index in [-0.39, 0.29) is 53.5 Å². The van der Waals surface area contributed by atoms with Gasteiger partial charge in [-0.05, 0) is 61.4 Å². The Bertz CT molecular complexity index is 1450. The molecule has 11 nitrogen and oxygen atoms in total. The van der Waals surface area contributed by atoms with Gasteiger partial charge in [0.05, 0.1) is 9.79 Å². The van der Waals surface area contributed by atoms with E-state index in [4.69, 9.17) is 4.42 Å². The Kier molecular flexibility index (Phi) is 7.22. The number of carbonyl (C=O) groups excluding carboxylic acids is 1. The second-order valence-corrected chi connectivity index (χ2v) is 12.4. The minimum atomic E-state index is -3.78. The summed E-state index contributed by atoms with van der Waals surface area (Å²) >= 11 is 0. The van der Waals surface area contributed by atoms with Crippen molar-refractivity contribution in [1.82, 2.24) is 18.8 Å². The highest BCUT2D eigenvalue weighted by Gasteiger charge is 2.32. The lowest BCUT2D eigenvalue weighted by Crippen LogP contribution is -2.41. The van der Waals surface area contributed by atoms with Crippen molar-refractivity contribution in [1.29, 1.82) is 0 Å². The lowest BCUT2D eigenvalue weighted by atomic mass is 9.97. The van der Waals surface area contributed by atoms with Crippen LogP contribution in [0.15, 0.2) is 62.7 Å². The van der Waals surface area contributed by atoms with Crippen LogP contribution in [-0.2, 0) is 24.8 Å². The molecule has 1 saturated heterocycles. The van der Waals surface area contributed by atoms with Gasteiger partial charge >= 0.3 is 6.01 Å². The van der Waals surface area contributed by atoms with Gasteiger partial charge in [0.25, 0.3) is 0 Å². The van der Waals surface area contributed by atoms with Crippen molar-refractivity contribution in [3.8, 4) is 11.5 Å². The van der Waals surface area contributed by atoms with E-state index in [2.05, 4.69) is 15.5 Å². The Hall–Kier alpha value is -3.20. The van der Waals surface area contributed by atoms with Crippen molar-refractivity contribution in [3.63, 3.8) is 0 Å². The number of nitrogens with one attached hydrogen (secondary N) is 1. The molecule has 1 aliphatic heterocycles. The number of rotatable bonds is 7. The largest absolute Gasteiger partial charge is 0.403 e. The van der Waals surface area contributed by atoms with Gasteiger partial charge in [-0.3, -0.25) is 10.1 Å². The van der Waals surface area contributed by atoms with Crippen molar-refractivity contribution in [2.45, 2.75) is 22.6 Å². The van der Waals surface area contributed by atoms with Gasteiger partial charge in [-0.25, -0.2) is 25.5 Å². The van der Waals surface area contributed by atoms with Crippen LogP contribution in [0.5, 0.6) is 0 Å². The molecule has 0 spiro atoms. The van der Waals surface area contributed by atoms with Crippen molar-refractivity contribution in [2.75, 3.05) is 32.5 Å². The fourth-order valence-electron chi connectivity index (χ4n) is 3.69. The van der Waals surface area contributed by atoms with Crippen molar-refractivity contribution in [2.24, 2.45) is 5.92 Å². The molecule has 0 atom stereocenters. The topological polar surface area (TPSA) is 143 Å². The molecule has 0 unspecified atom stereocenters. The maximum Gasteiger partial charge on any atom is 0.322 e. The Morgan fingerprint density at radius 3 is 2.14 bits per heavy atom. The molecule has 2 aromatic carbocycles. The van der Waals surface area contributed by atoms with E-state index < -0.39 is 31.8 Å². The van der Waals surface area contributed by atoms with Crippen molar-refractivity contribution in [3.05, 3.63) is 54.3 Å². The van der Waals surface area contributed by atoms with Crippen LogP contribution in [0.2, 0.25) is 0 Å². The molecule has 1 aliphatic rings. The number of aromatic nitrogens is 2. The zero-order valence-electron chi connectivity index (χ0n) is 19.5. The van der Waals surface area contributed by atoms with Crippen LogP contribution in [-0.4, -0.2) is 68.7 Å². The minimum Gasteiger partial charge on any atom is -0.403 e. The van der Waals surface area contributed by atoms with E-state index >= 15 is 0 Å². The molecule has 4 rings (SSSR count). The summed E-state index contributed by atoms with van der Waals surface area (Å²) in [5, 5.41) is 10.3. The maximum atomic E-state index is 13.1. The van der Waals surface area contributed by atoms with Crippen LogP contribution in [0.3, 0.4) is 0 Å². The van der Waals surface area contributed by atoms with E-state index in [1.54, 1.807) is 0 Å². The molecule has 1 fully saturated rings. The summed E-state index contributed by atoms with van der Waals surface area (Å²) in [4.78, 5) is 12.8. The fourth-order valence-corrected chi connectivity index (χ4v) is 6.06. The van der Waals surface area contributed by atoms with E-state index in [0.717, 1.165) is 16.4 Å². The van der Waals surface area contributed by atoms with Crippen LogP contribution in [0.25, 0.3) is 11.5 Å². The molecular formula is C22H24FN5O6S2. The highest BCUT2D eigenvalue weighted by atomic mass is 32.2. The van der Waals surface area contributed by atoms with Crippen LogP contribution in [0, 0.1) is 11.7 Å². The summed E-state index contributed by atoms with van der Waals surface area (Å²) < 4.78 is 70.9. The number of hydrogen-bond acceptors (Lipinski definition) is 8. The normalized spacial score (nSPS) is 15.8. The van der Waals surface area contributed by atoms with Gasteiger partial charge < -0.3 is 4.42 Å². The average Bonchev–Trinajstić information content (AvgIpc) is 3.33. The van der Waals surface area contributed by atoms with Gasteiger partial charge in [-0.1, -0.05) is 5.10 Å². The van der Waals surface area contributed by atoms with Crippen molar-refractivity contribution < 1.29 is 30.4 Å². The molecule has 36 heavy (non-hydrogen) atoms. The maximum absolute atomic E-state index is 13.1. The molecule has 14 heteroatoms. The second kappa shape index (κ2) is 10.0. The fraction of sp³-hybridized carbons (Fsp3) is 0.318. The number of hydrogen-bond donors (Lipinski definition) is 1. The molecule has 1 N–H and O–H groups in total. The quantitative estimate of drug-likeness (QED) is 0.483. The summed E-state index contributed by atoms with van der Waals surface area (Å²) in [6.45, 7) is 0.268. The van der Waals surface area contributed by atoms with Crippen LogP contribution >= 0.6 is 0 Å². The zero-order valence-corrected chi connectivity index (χ0v) is 21.1. The van der Waals surface area contributed by atoms with Crippen LogP contribution < -0.4 is 5.32 Å². The number of carbonyl (C=O) groups is 1. The smallest absolute Gasteiger partial charge is 0.322 e. The third-order valence-corrected chi connectivity index (χ3v) is 9.55. The SMILES string of the molecule is CN(C)S(=O)(=O)c1ccc(-c2nnc(NC(=O)C3CCN(S(=O)(=O)c4ccc(F)cc4)CC3)o2)cc1. The first-order valence-corrected chi connectivity index (χ1v) is 13.8. The number of halogens is 1. The Balaban J connectivity index is 1.36. The molecule has 0 aliphatic carbocycles. The summed E-state index contributed by atoms with van der Waals surface area (Å²) in [5.41, 5.74) is 0.472. The summed E-state index contributed by atoms with van der Waals surface area (Å²) in [6, 6.07) is 10.4. The number of nitrogens with zero attached hydrogens (tertiary/aromatic N) is 4. The number of benzene rings is 2. The molecular weight excluding hydrogens is 513 g/mol. The summed E-state index contributed by atoms with van der Waals surface area (Å²) in [5.74, 6) is -1.27. The average molecular weight is 538 g/mol. The third-order valence-electron chi connectivity index (χ3n) is 5.81. The minimum absolute atomic E-state index is 0.00228. The first-order valence-electron chi connectivity index (χ1n) is 10.9. The molecule has 2 heterocycles. The number of amides is 1. The van der Waals surface area contributed by atoms with Gasteiger partial charge in [0.1, 0.15) is 5.82 Å². The molecule has 1 aromatic heterocycles. The molecule has 1 amide bonds. The highest BCUT2D eigenvalue weighted by Crippen LogP contribution is 2.26. The predicted molar refractivity (Wildman–Crippen MR) is 127 cm³/mol. The van der Waals surface area contributed by atoms with E-state index in [0.29, 0.717) is 5.56 Å². The Labute approximate surface area is 208 Å². The van der Waals surface area contributed by atoms with Gasteiger partial charge in [-0.2, -0.15) is 4.31 Å². The van der Waals surface area contributed by atoms with Crippen LogP contribution in [0.1, 0.15) is 12.8 Å². The number of piperidine rings is 1. The molecule has 0 radical (unpaired) electrons. The van der Waals surface area contributed by atoms with Crippen molar-refractivity contribution >= 4 is 32.0 Å². The lowest BCUT2D eigenvalue weighted by Gasteiger charge is -2.30. The van der Waals surface area contributed by atoms with Gasteiger partial charge in [0.2, 0.25) is 31.8 Å². The molecule has 0 bridgehead atoms. The lowest BCUT2D eigenvalue weighted by molar-refractivity contribution is -0.121. The zero-order chi connectivity index (χ0) is 26.1. The highest BCUT2D eigenvalue weighted by molar-refractivity contribution is 7.89. The number of anilines is 1. The monoisotopic (exact) mass is 537 g/mol.